The fraction of sp³-hybridized carbons (Fsp3) is 0.105. The van der Waals surface area contributed by atoms with Gasteiger partial charge in [-0.05, 0) is 30.7 Å². The molecule has 0 aliphatic carbocycles. The van der Waals surface area contributed by atoms with Crippen LogP contribution in [0.5, 0.6) is 0 Å². The van der Waals surface area contributed by atoms with Gasteiger partial charge in [0.25, 0.3) is 11.6 Å². The molecule has 132 valence electrons. The molecule has 1 aromatic heterocycles. The average Bonchev–Trinajstić information content (AvgIpc) is 2.94. The molecule has 3 rings (SSSR count). The number of nitrogens with zero attached hydrogens (tertiary/aromatic N) is 2. The molecule has 1 heterocycles. The van der Waals surface area contributed by atoms with Crippen LogP contribution in [0.2, 0.25) is 5.02 Å². The van der Waals surface area contributed by atoms with Gasteiger partial charge in [-0.3, -0.25) is 14.9 Å². The van der Waals surface area contributed by atoms with Crippen molar-refractivity contribution in [1.29, 1.82) is 0 Å². The van der Waals surface area contributed by atoms with Crippen molar-refractivity contribution in [2.24, 2.45) is 5.73 Å². The third kappa shape index (κ3) is 3.45. The topological polar surface area (TPSA) is 91.2 Å². The molecule has 3 aromatic rings. The van der Waals surface area contributed by atoms with Gasteiger partial charge in [-0.15, -0.1) is 0 Å². The maximum atomic E-state index is 11.8. The number of nitrogens with two attached hydrogens (primary N) is 1. The van der Waals surface area contributed by atoms with Crippen molar-refractivity contribution in [2.75, 3.05) is 0 Å². The lowest BCUT2D eigenvalue weighted by Crippen LogP contribution is -2.12. The van der Waals surface area contributed by atoms with Crippen LogP contribution in [-0.4, -0.2) is 15.4 Å². The number of hydrogen-bond acceptors (Lipinski definition) is 3. The number of hydrogen-bond donors (Lipinski definition) is 1. The smallest absolute Gasteiger partial charge is 0.270 e. The average molecular weight is 370 g/mol. The Labute approximate surface area is 155 Å². The van der Waals surface area contributed by atoms with E-state index in [1.165, 1.54) is 12.1 Å². The third-order valence-corrected chi connectivity index (χ3v) is 4.49. The van der Waals surface area contributed by atoms with Crippen molar-refractivity contribution < 1.29 is 9.72 Å². The molecule has 0 bridgehead atoms. The molecule has 0 saturated carbocycles. The molecule has 0 unspecified atom stereocenters. The SMILES string of the molecule is Cc1c(C(N)=O)cc(-c2cccc([N+](=O)[O-])c2)n1Cc1ccc(Cl)cc1. The Kier molecular flexibility index (Phi) is 4.77. The quantitative estimate of drug-likeness (QED) is 0.540. The molecule has 0 atom stereocenters. The predicted molar refractivity (Wildman–Crippen MR) is 100 cm³/mol. The monoisotopic (exact) mass is 369 g/mol. The van der Waals surface area contributed by atoms with Crippen LogP contribution in [0, 0.1) is 17.0 Å². The fourth-order valence-corrected chi connectivity index (χ4v) is 3.01. The molecule has 7 heteroatoms. The molecule has 0 aliphatic heterocycles. The molecule has 0 saturated heterocycles. The number of carbonyl (C=O) groups excluding carboxylic acids is 1. The molecule has 1 amide bonds. The Morgan fingerprint density at radius 3 is 2.50 bits per heavy atom. The maximum absolute atomic E-state index is 11.8. The molecule has 6 nitrogen and oxygen atoms in total. The van der Waals surface area contributed by atoms with Gasteiger partial charge < -0.3 is 10.3 Å². The van der Waals surface area contributed by atoms with E-state index < -0.39 is 10.8 Å². The summed E-state index contributed by atoms with van der Waals surface area (Å²) in [5.41, 5.74) is 8.88. The van der Waals surface area contributed by atoms with Gasteiger partial charge in [-0.25, -0.2) is 0 Å². The fourth-order valence-electron chi connectivity index (χ4n) is 2.89. The Morgan fingerprint density at radius 1 is 1.19 bits per heavy atom. The summed E-state index contributed by atoms with van der Waals surface area (Å²) >= 11 is 5.93. The predicted octanol–water partition coefficient (Wildman–Crippen LogP) is 4.17. The summed E-state index contributed by atoms with van der Waals surface area (Å²) in [6.07, 6.45) is 0. The number of carbonyl (C=O) groups is 1. The highest BCUT2D eigenvalue weighted by molar-refractivity contribution is 6.30. The summed E-state index contributed by atoms with van der Waals surface area (Å²) in [5.74, 6) is -0.538. The van der Waals surface area contributed by atoms with Gasteiger partial charge in [-0.2, -0.15) is 0 Å². The Bertz CT molecular complexity index is 994. The number of nitro benzene ring substituents is 1. The summed E-state index contributed by atoms with van der Waals surface area (Å²) in [6.45, 7) is 2.28. The molecule has 0 spiro atoms. The van der Waals surface area contributed by atoms with Crippen LogP contribution in [0.3, 0.4) is 0 Å². The first-order valence-electron chi connectivity index (χ1n) is 7.86. The molecule has 26 heavy (non-hydrogen) atoms. The van der Waals surface area contributed by atoms with Gasteiger partial charge in [0.15, 0.2) is 0 Å². The lowest BCUT2D eigenvalue weighted by atomic mass is 10.1. The van der Waals surface area contributed by atoms with E-state index >= 15 is 0 Å². The number of primary amides is 1. The highest BCUT2D eigenvalue weighted by atomic mass is 35.5. The van der Waals surface area contributed by atoms with Gasteiger partial charge in [0.1, 0.15) is 0 Å². The minimum Gasteiger partial charge on any atom is -0.366 e. The van der Waals surface area contributed by atoms with E-state index in [0.717, 1.165) is 5.56 Å². The van der Waals surface area contributed by atoms with Crippen molar-refractivity contribution in [3.63, 3.8) is 0 Å². The molecule has 2 N–H and O–H groups in total. The normalized spacial score (nSPS) is 10.7. The van der Waals surface area contributed by atoms with Gasteiger partial charge in [0.05, 0.1) is 10.5 Å². The van der Waals surface area contributed by atoms with Crippen LogP contribution in [0.4, 0.5) is 5.69 Å². The van der Waals surface area contributed by atoms with Crippen molar-refractivity contribution in [1.82, 2.24) is 4.57 Å². The van der Waals surface area contributed by atoms with Gasteiger partial charge in [-0.1, -0.05) is 35.9 Å². The van der Waals surface area contributed by atoms with E-state index in [1.54, 1.807) is 37.3 Å². The van der Waals surface area contributed by atoms with E-state index in [4.69, 9.17) is 17.3 Å². The first kappa shape index (κ1) is 17.7. The first-order chi connectivity index (χ1) is 12.4. The Morgan fingerprint density at radius 2 is 1.88 bits per heavy atom. The summed E-state index contributed by atoms with van der Waals surface area (Å²) in [5, 5.41) is 11.7. The van der Waals surface area contributed by atoms with Crippen LogP contribution in [0.15, 0.2) is 54.6 Å². The van der Waals surface area contributed by atoms with Gasteiger partial charge in [0, 0.05) is 40.7 Å². The van der Waals surface area contributed by atoms with Crippen LogP contribution >= 0.6 is 11.6 Å². The first-order valence-corrected chi connectivity index (χ1v) is 8.24. The summed E-state index contributed by atoms with van der Waals surface area (Å²) < 4.78 is 1.92. The maximum Gasteiger partial charge on any atom is 0.270 e. The lowest BCUT2D eigenvalue weighted by Gasteiger charge is -2.12. The number of amides is 1. The second kappa shape index (κ2) is 7.01. The zero-order chi connectivity index (χ0) is 18.8. The number of aromatic nitrogens is 1. The standard InChI is InChI=1S/C19H16ClN3O3/c1-12-17(19(21)24)10-18(14-3-2-4-16(9-14)23(25)26)22(12)11-13-5-7-15(20)8-6-13/h2-10H,11H2,1H3,(H2,21,24). The molecule has 0 fully saturated rings. The van der Waals surface area contributed by atoms with E-state index in [9.17, 15) is 14.9 Å². The van der Waals surface area contributed by atoms with Crippen LogP contribution in [0.1, 0.15) is 21.6 Å². The van der Waals surface area contributed by atoms with Crippen molar-refractivity contribution in [3.05, 3.63) is 86.6 Å². The summed E-state index contributed by atoms with van der Waals surface area (Å²) in [7, 11) is 0. The highest BCUT2D eigenvalue weighted by Gasteiger charge is 2.18. The van der Waals surface area contributed by atoms with Crippen LogP contribution in [0.25, 0.3) is 11.3 Å². The zero-order valence-electron chi connectivity index (χ0n) is 14.0. The van der Waals surface area contributed by atoms with E-state index in [1.807, 2.05) is 16.7 Å². The molecular formula is C19H16ClN3O3. The van der Waals surface area contributed by atoms with Crippen LogP contribution < -0.4 is 5.73 Å². The molecule has 0 aliphatic rings. The van der Waals surface area contributed by atoms with Crippen molar-refractivity contribution in [3.8, 4) is 11.3 Å². The molecule has 0 radical (unpaired) electrons. The second-order valence-electron chi connectivity index (χ2n) is 5.91. The minimum absolute atomic E-state index is 0.0139. The Hall–Kier alpha value is -3.12. The number of halogens is 1. The van der Waals surface area contributed by atoms with E-state index in [0.29, 0.717) is 34.1 Å². The summed E-state index contributed by atoms with van der Waals surface area (Å²) in [6, 6.07) is 15.3. The van der Waals surface area contributed by atoms with Crippen molar-refractivity contribution >= 4 is 23.2 Å². The van der Waals surface area contributed by atoms with E-state index in [2.05, 4.69) is 0 Å². The second-order valence-corrected chi connectivity index (χ2v) is 6.35. The number of benzene rings is 2. The number of rotatable bonds is 5. The van der Waals surface area contributed by atoms with Crippen molar-refractivity contribution in [2.45, 2.75) is 13.5 Å². The number of non-ortho nitro benzene ring substituents is 1. The van der Waals surface area contributed by atoms with Crippen LogP contribution in [-0.2, 0) is 6.54 Å². The lowest BCUT2D eigenvalue weighted by molar-refractivity contribution is -0.384. The largest absolute Gasteiger partial charge is 0.366 e. The van der Waals surface area contributed by atoms with Gasteiger partial charge >= 0.3 is 0 Å². The Balaban J connectivity index is 2.13. The number of nitro groups is 1. The minimum atomic E-state index is -0.538. The molecular weight excluding hydrogens is 354 g/mol. The zero-order valence-corrected chi connectivity index (χ0v) is 14.7. The van der Waals surface area contributed by atoms with Gasteiger partial charge in [0.2, 0.25) is 0 Å². The third-order valence-electron chi connectivity index (χ3n) is 4.24. The highest BCUT2D eigenvalue weighted by Crippen LogP contribution is 2.29. The molecule has 2 aromatic carbocycles. The van der Waals surface area contributed by atoms with E-state index in [-0.39, 0.29) is 5.69 Å². The summed E-state index contributed by atoms with van der Waals surface area (Å²) in [4.78, 5) is 22.4.